The third-order valence-electron chi connectivity index (χ3n) is 3.26. The molecule has 20 heavy (non-hydrogen) atoms. The molecule has 1 saturated carbocycles. The molecule has 0 radical (unpaired) electrons. The van der Waals surface area contributed by atoms with Gasteiger partial charge in [0.2, 0.25) is 5.91 Å². The van der Waals surface area contributed by atoms with Crippen LogP contribution in [0, 0.1) is 0 Å². The van der Waals surface area contributed by atoms with Gasteiger partial charge in [0.05, 0.1) is 17.3 Å². The zero-order chi connectivity index (χ0) is 14.4. The number of hydrogen-bond donors (Lipinski definition) is 3. The van der Waals surface area contributed by atoms with Crippen molar-refractivity contribution >= 4 is 29.2 Å². The van der Waals surface area contributed by atoms with E-state index in [0.29, 0.717) is 10.7 Å². The van der Waals surface area contributed by atoms with Gasteiger partial charge in [-0.2, -0.15) is 0 Å². The summed E-state index contributed by atoms with van der Waals surface area (Å²) in [5.41, 5.74) is 0.667. The maximum atomic E-state index is 11.6. The van der Waals surface area contributed by atoms with Crippen molar-refractivity contribution in [3.63, 3.8) is 0 Å². The molecule has 1 aliphatic rings. The van der Waals surface area contributed by atoms with Gasteiger partial charge in [0.1, 0.15) is 0 Å². The highest BCUT2D eigenvalue weighted by atomic mass is 35.5. The van der Waals surface area contributed by atoms with E-state index in [2.05, 4.69) is 16.0 Å². The van der Waals surface area contributed by atoms with Crippen LogP contribution in [0.4, 0.5) is 10.5 Å². The van der Waals surface area contributed by atoms with E-state index in [1.54, 1.807) is 12.1 Å². The number of anilines is 1. The Bertz CT molecular complexity index is 487. The fourth-order valence-electron chi connectivity index (χ4n) is 2.24. The average molecular weight is 296 g/mol. The first kappa shape index (κ1) is 14.7. The van der Waals surface area contributed by atoms with E-state index in [1.807, 2.05) is 12.1 Å². The first-order valence-corrected chi connectivity index (χ1v) is 7.11. The van der Waals surface area contributed by atoms with E-state index >= 15 is 0 Å². The number of urea groups is 1. The predicted molar refractivity (Wildman–Crippen MR) is 78.9 cm³/mol. The first-order chi connectivity index (χ1) is 9.65. The van der Waals surface area contributed by atoms with Crippen molar-refractivity contribution in [1.29, 1.82) is 0 Å². The van der Waals surface area contributed by atoms with E-state index < -0.39 is 6.03 Å². The number of carbonyl (C=O) groups excluding carboxylic acids is 2. The maximum Gasteiger partial charge on any atom is 0.321 e. The van der Waals surface area contributed by atoms with Crippen molar-refractivity contribution in [1.82, 2.24) is 10.6 Å². The highest BCUT2D eigenvalue weighted by molar-refractivity contribution is 6.33. The molecular weight excluding hydrogens is 278 g/mol. The van der Waals surface area contributed by atoms with Crippen LogP contribution in [-0.4, -0.2) is 24.5 Å². The highest BCUT2D eigenvalue weighted by Gasteiger charge is 2.18. The summed E-state index contributed by atoms with van der Waals surface area (Å²) in [5, 5.41) is 8.52. The monoisotopic (exact) mass is 295 g/mol. The number of nitrogens with one attached hydrogen (secondary N) is 3. The minimum absolute atomic E-state index is 0.00181. The normalized spacial score (nSPS) is 14.8. The molecular formula is C14H18ClN3O2. The summed E-state index contributed by atoms with van der Waals surface area (Å²) < 4.78 is 0. The van der Waals surface area contributed by atoms with Crippen molar-refractivity contribution in [3.05, 3.63) is 29.3 Å². The molecule has 0 bridgehead atoms. The van der Waals surface area contributed by atoms with Crippen LogP contribution in [0.25, 0.3) is 0 Å². The molecule has 0 unspecified atom stereocenters. The van der Waals surface area contributed by atoms with Gasteiger partial charge in [0, 0.05) is 6.04 Å². The minimum atomic E-state index is -0.428. The first-order valence-electron chi connectivity index (χ1n) is 6.74. The fourth-order valence-corrected chi connectivity index (χ4v) is 2.45. The quantitative estimate of drug-likeness (QED) is 0.799. The second-order valence-electron chi connectivity index (χ2n) is 4.84. The summed E-state index contributed by atoms with van der Waals surface area (Å²) in [6.07, 6.45) is 4.23. The molecule has 1 aliphatic carbocycles. The zero-order valence-corrected chi connectivity index (χ0v) is 11.9. The Morgan fingerprint density at radius 1 is 1.20 bits per heavy atom. The Balaban J connectivity index is 1.72. The van der Waals surface area contributed by atoms with Gasteiger partial charge in [0.25, 0.3) is 0 Å². The molecule has 3 amide bonds. The van der Waals surface area contributed by atoms with E-state index in [4.69, 9.17) is 11.6 Å². The molecule has 1 aromatic rings. The third-order valence-corrected chi connectivity index (χ3v) is 3.59. The SMILES string of the molecule is O=C(CNc1ccccc1Cl)NC(=O)NC1CCCC1. The minimum Gasteiger partial charge on any atom is -0.375 e. The van der Waals surface area contributed by atoms with Gasteiger partial charge in [-0.3, -0.25) is 10.1 Å². The van der Waals surface area contributed by atoms with Crippen LogP contribution in [0.5, 0.6) is 0 Å². The average Bonchev–Trinajstić information content (AvgIpc) is 2.90. The molecule has 0 aromatic heterocycles. The van der Waals surface area contributed by atoms with Crippen molar-refractivity contribution in [2.45, 2.75) is 31.7 Å². The molecule has 0 aliphatic heterocycles. The summed E-state index contributed by atoms with van der Waals surface area (Å²) in [6, 6.07) is 6.90. The van der Waals surface area contributed by atoms with Crippen LogP contribution in [0.15, 0.2) is 24.3 Å². The molecule has 1 aromatic carbocycles. The number of benzene rings is 1. The largest absolute Gasteiger partial charge is 0.375 e. The molecule has 0 spiro atoms. The van der Waals surface area contributed by atoms with E-state index in [9.17, 15) is 9.59 Å². The molecule has 0 saturated heterocycles. The lowest BCUT2D eigenvalue weighted by atomic mass is 10.2. The van der Waals surface area contributed by atoms with Gasteiger partial charge in [-0.25, -0.2) is 4.79 Å². The highest BCUT2D eigenvalue weighted by Crippen LogP contribution is 2.20. The maximum absolute atomic E-state index is 11.6. The predicted octanol–water partition coefficient (Wildman–Crippen LogP) is 2.52. The van der Waals surface area contributed by atoms with Gasteiger partial charge >= 0.3 is 6.03 Å². The number of para-hydroxylation sites is 1. The van der Waals surface area contributed by atoms with Gasteiger partial charge in [-0.05, 0) is 25.0 Å². The lowest BCUT2D eigenvalue weighted by molar-refractivity contribution is -0.118. The second-order valence-corrected chi connectivity index (χ2v) is 5.24. The van der Waals surface area contributed by atoms with Gasteiger partial charge in [0.15, 0.2) is 0 Å². The van der Waals surface area contributed by atoms with Gasteiger partial charge < -0.3 is 10.6 Å². The lowest BCUT2D eigenvalue weighted by Crippen LogP contribution is -2.45. The number of imide groups is 1. The van der Waals surface area contributed by atoms with Gasteiger partial charge in [-0.1, -0.05) is 36.6 Å². The fraction of sp³-hybridized carbons (Fsp3) is 0.429. The van der Waals surface area contributed by atoms with Crippen LogP contribution >= 0.6 is 11.6 Å². The Morgan fingerprint density at radius 2 is 1.90 bits per heavy atom. The topological polar surface area (TPSA) is 70.2 Å². The van der Waals surface area contributed by atoms with E-state index in [0.717, 1.165) is 25.7 Å². The second kappa shape index (κ2) is 7.14. The molecule has 0 atom stereocenters. The Labute approximate surface area is 123 Å². The van der Waals surface area contributed by atoms with E-state index in [-0.39, 0.29) is 18.5 Å². The van der Waals surface area contributed by atoms with Crippen LogP contribution in [-0.2, 0) is 4.79 Å². The number of carbonyl (C=O) groups is 2. The van der Waals surface area contributed by atoms with Crippen LogP contribution in [0.3, 0.4) is 0 Å². The van der Waals surface area contributed by atoms with Crippen molar-refractivity contribution < 1.29 is 9.59 Å². The molecule has 108 valence electrons. The smallest absolute Gasteiger partial charge is 0.321 e. The Morgan fingerprint density at radius 3 is 2.60 bits per heavy atom. The molecule has 3 N–H and O–H groups in total. The number of halogens is 1. The third kappa shape index (κ3) is 4.42. The lowest BCUT2D eigenvalue weighted by Gasteiger charge is -2.13. The molecule has 5 nitrogen and oxygen atoms in total. The zero-order valence-electron chi connectivity index (χ0n) is 11.1. The van der Waals surface area contributed by atoms with E-state index in [1.165, 1.54) is 0 Å². The van der Waals surface area contributed by atoms with Crippen molar-refractivity contribution in [3.8, 4) is 0 Å². The Kier molecular flexibility index (Phi) is 5.24. The summed E-state index contributed by atoms with van der Waals surface area (Å²) in [4.78, 5) is 23.2. The Hall–Kier alpha value is -1.75. The molecule has 6 heteroatoms. The summed E-state index contributed by atoms with van der Waals surface area (Å²) in [7, 11) is 0. The van der Waals surface area contributed by atoms with Crippen molar-refractivity contribution in [2.75, 3.05) is 11.9 Å². The molecule has 1 fully saturated rings. The van der Waals surface area contributed by atoms with Crippen LogP contribution in [0.2, 0.25) is 5.02 Å². The van der Waals surface area contributed by atoms with Gasteiger partial charge in [-0.15, -0.1) is 0 Å². The number of hydrogen-bond acceptors (Lipinski definition) is 3. The van der Waals surface area contributed by atoms with Crippen LogP contribution in [0.1, 0.15) is 25.7 Å². The summed E-state index contributed by atoms with van der Waals surface area (Å²) in [5.74, 6) is -0.389. The standard InChI is InChI=1S/C14H18ClN3O2/c15-11-7-3-4-8-12(11)16-9-13(19)18-14(20)17-10-5-1-2-6-10/h3-4,7-8,10,16H,1-2,5-6,9H2,(H2,17,18,19,20). The summed E-state index contributed by atoms with van der Waals surface area (Å²) >= 11 is 5.95. The molecule has 2 rings (SSSR count). The number of amides is 3. The summed E-state index contributed by atoms with van der Waals surface area (Å²) in [6.45, 7) is 0.00181. The number of rotatable bonds is 4. The van der Waals surface area contributed by atoms with Crippen molar-refractivity contribution in [2.24, 2.45) is 0 Å². The molecule has 0 heterocycles. The van der Waals surface area contributed by atoms with Crippen LogP contribution < -0.4 is 16.0 Å².